The van der Waals surface area contributed by atoms with Gasteiger partial charge in [-0.2, -0.15) is 4.83 Å². The van der Waals surface area contributed by atoms with Crippen molar-refractivity contribution in [2.24, 2.45) is 0 Å². The minimum atomic E-state index is -1.20. The SMILES string of the molecule is C=CCS1(CC=C)NNC(=S)C1=S. The predicted octanol–water partition coefficient (Wildman–Crippen LogP) is 1.84. The molecule has 1 aliphatic rings. The van der Waals surface area contributed by atoms with E-state index in [-0.39, 0.29) is 0 Å². The van der Waals surface area contributed by atoms with Crippen LogP contribution in [0, 0.1) is 0 Å². The van der Waals surface area contributed by atoms with E-state index in [0.717, 1.165) is 15.7 Å². The standard InChI is InChI=1S/C8H12N2S3/c1-3-5-13(6-4-2)8(12)7(11)9-10-13/h3-4,10H,1-2,5-6H2,(H,9,11). The van der Waals surface area contributed by atoms with E-state index in [2.05, 4.69) is 23.4 Å². The molecule has 0 unspecified atom stereocenters. The monoisotopic (exact) mass is 232 g/mol. The Balaban J connectivity index is 2.90. The van der Waals surface area contributed by atoms with Gasteiger partial charge in [0.2, 0.25) is 0 Å². The number of hydrogen-bond donors (Lipinski definition) is 2. The highest BCUT2D eigenvalue weighted by atomic mass is 32.3. The third-order valence-electron chi connectivity index (χ3n) is 1.70. The highest BCUT2D eigenvalue weighted by molar-refractivity contribution is 8.51. The molecule has 2 nitrogen and oxygen atoms in total. The number of hydrazine groups is 1. The van der Waals surface area contributed by atoms with Crippen molar-refractivity contribution in [2.45, 2.75) is 0 Å². The zero-order valence-corrected chi connectivity index (χ0v) is 9.66. The Hall–Kier alpha value is -0.230. The second-order valence-corrected chi connectivity index (χ2v) is 6.76. The maximum Gasteiger partial charge on any atom is 0.138 e. The maximum atomic E-state index is 5.28. The van der Waals surface area contributed by atoms with Crippen LogP contribution in [0.15, 0.2) is 25.3 Å². The average Bonchev–Trinajstić information content (AvgIpc) is 2.36. The van der Waals surface area contributed by atoms with Gasteiger partial charge in [0.05, 0.1) is 0 Å². The van der Waals surface area contributed by atoms with Gasteiger partial charge in [-0.3, -0.25) is 0 Å². The summed E-state index contributed by atoms with van der Waals surface area (Å²) in [6.07, 6.45) is 3.74. The van der Waals surface area contributed by atoms with E-state index in [1.54, 1.807) is 0 Å². The van der Waals surface area contributed by atoms with Crippen LogP contribution in [0.1, 0.15) is 0 Å². The van der Waals surface area contributed by atoms with E-state index in [4.69, 9.17) is 24.4 Å². The van der Waals surface area contributed by atoms with E-state index >= 15 is 0 Å². The fourth-order valence-corrected chi connectivity index (χ4v) is 4.51. The molecule has 13 heavy (non-hydrogen) atoms. The second kappa shape index (κ2) is 4.32. The molecule has 1 rings (SSSR count). The van der Waals surface area contributed by atoms with Crippen LogP contribution in [0.3, 0.4) is 0 Å². The molecule has 0 bridgehead atoms. The summed E-state index contributed by atoms with van der Waals surface area (Å²) in [5, 5.41) is 0. The summed E-state index contributed by atoms with van der Waals surface area (Å²) < 4.78 is 0.835. The molecule has 0 aliphatic carbocycles. The Morgan fingerprint density at radius 2 is 1.77 bits per heavy atom. The lowest BCUT2D eigenvalue weighted by Crippen LogP contribution is -2.28. The summed E-state index contributed by atoms with van der Waals surface area (Å²) in [5.74, 6) is 1.68. The molecule has 1 fully saturated rings. The molecule has 72 valence electrons. The molecule has 1 aliphatic heterocycles. The van der Waals surface area contributed by atoms with E-state index in [0.29, 0.717) is 4.99 Å². The lowest BCUT2D eigenvalue weighted by Gasteiger charge is -2.31. The molecule has 2 N–H and O–H groups in total. The van der Waals surface area contributed by atoms with Gasteiger partial charge in [0.15, 0.2) is 0 Å². The van der Waals surface area contributed by atoms with Gasteiger partial charge in [-0.1, -0.05) is 36.6 Å². The molecule has 5 heteroatoms. The van der Waals surface area contributed by atoms with Crippen LogP contribution in [0.2, 0.25) is 0 Å². The van der Waals surface area contributed by atoms with Crippen molar-refractivity contribution in [3.05, 3.63) is 25.3 Å². The smallest absolute Gasteiger partial charge is 0.138 e. The van der Waals surface area contributed by atoms with Gasteiger partial charge in [0.1, 0.15) is 9.19 Å². The first-order chi connectivity index (χ1) is 6.16. The summed E-state index contributed by atoms with van der Waals surface area (Å²) in [5.41, 5.74) is 2.91. The highest BCUT2D eigenvalue weighted by Crippen LogP contribution is 2.47. The average molecular weight is 232 g/mol. The topological polar surface area (TPSA) is 24.1 Å². The molecule has 0 amide bonds. The molecule has 1 saturated heterocycles. The van der Waals surface area contributed by atoms with Gasteiger partial charge in [-0.25, -0.2) is 0 Å². The van der Waals surface area contributed by atoms with E-state index < -0.39 is 10.2 Å². The minimum absolute atomic E-state index is 0.647. The predicted molar refractivity (Wildman–Crippen MR) is 69.2 cm³/mol. The maximum absolute atomic E-state index is 5.28. The molecule has 0 aromatic rings. The Morgan fingerprint density at radius 1 is 1.23 bits per heavy atom. The Labute approximate surface area is 90.9 Å². The minimum Gasteiger partial charge on any atom is -0.302 e. The first kappa shape index (κ1) is 10.8. The molecular weight excluding hydrogens is 220 g/mol. The summed E-state index contributed by atoms with van der Waals surface area (Å²) in [6, 6.07) is 0. The Kier molecular flexibility index (Phi) is 3.61. The fourth-order valence-electron chi connectivity index (χ4n) is 1.12. The van der Waals surface area contributed by atoms with Gasteiger partial charge >= 0.3 is 0 Å². The summed E-state index contributed by atoms with van der Waals surface area (Å²) in [4.78, 5) is 3.83. The van der Waals surface area contributed by atoms with Gasteiger partial charge in [0, 0.05) is 11.5 Å². The Bertz CT molecular complexity index is 263. The van der Waals surface area contributed by atoms with Crippen LogP contribution in [0.5, 0.6) is 0 Å². The van der Waals surface area contributed by atoms with Crippen molar-refractivity contribution in [1.29, 1.82) is 0 Å². The van der Waals surface area contributed by atoms with Crippen LogP contribution in [0.25, 0.3) is 0 Å². The largest absolute Gasteiger partial charge is 0.302 e. The van der Waals surface area contributed by atoms with Crippen LogP contribution in [0.4, 0.5) is 0 Å². The van der Waals surface area contributed by atoms with Crippen molar-refractivity contribution >= 4 is 43.8 Å². The van der Waals surface area contributed by atoms with Gasteiger partial charge in [0.25, 0.3) is 0 Å². The van der Waals surface area contributed by atoms with Crippen molar-refractivity contribution in [3.8, 4) is 0 Å². The number of thiocarbonyl (C=S) groups is 2. The molecule has 0 spiro atoms. The summed E-state index contributed by atoms with van der Waals surface area (Å²) in [6.45, 7) is 7.45. The third-order valence-corrected chi connectivity index (χ3v) is 6.45. The van der Waals surface area contributed by atoms with Gasteiger partial charge in [-0.15, -0.1) is 23.4 Å². The third kappa shape index (κ3) is 1.99. The molecule has 1 heterocycles. The molecule has 0 saturated carbocycles. The number of nitrogens with one attached hydrogen (secondary N) is 2. The van der Waals surface area contributed by atoms with Crippen LogP contribution in [-0.4, -0.2) is 20.7 Å². The lowest BCUT2D eigenvalue weighted by atomic mass is 10.7. The van der Waals surface area contributed by atoms with Crippen molar-refractivity contribution < 1.29 is 0 Å². The van der Waals surface area contributed by atoms with Crippen molar-refractivity contribution in [1.82, 2.24) is 10.3 Å². The van der Waals surface area contributed by atoms with E-state index in [1.807, 2.05) is 12.2 Å². The molecule has 0 aromatic carbocycles. The van der Waals surface area contributed by atoms with Crippen molar-refractivity contribution in [3.63, 3.8) is 0 Å². The summed E-state index contributed by atoms with van der Waals surface area (Å²) >= 11 is 10.3. The zero-order valence-electron chi connectivity index (χ0n) is 7.21. The molecule has 0 aromatic heterocycles. The molecular formula is C8H12N2S3. The summed E-state index contributed by atoms with van der Waals surface area (Å²) in [7, 11) is -1.20. The Morgan fingerprint density at radius 3 is 2.08 bits per heavy atom. The van der Waals surface area contributed by atoms with Crippen LogP contribution < -0.4 is 10.3 Å². The van der Waals surface area contributed by atoms with Gasteiger partial charge in [-0.05, 0) is 0 Å². The van der Waals surface area contributed by atoms with E-state index in [9.17, 15) is 0 Å². The second-order valence-electron chi connectivity index (χ2n) is 2.64. The quantitative estimate of drug-likeness (QED) is 0.570. The first-order valence-electron chi connectivity index (χ1n) is 3.78. The van der Waals surface area contributed by atoms with Gasteiger partial charge < -0.3 is 5.43 Å². The molecule has 0 atom stereocenters. The fraction of sp³-hybridized carbons (Fsp3) is 0.250. The first-order valence-corrected chi connectivity index (χ1v) is 6.56. The lowest BCUT2D eigenvalue weighted by molar-refractivity contribution is 0.951. The van der Waals surface area contributed by atoms with Crippen LogP contribution >= 0.6 is 34.6 Å². The number of hydrogen-bond acceptors (Lipinski definition) is 3. The highest BCUT2D eigenvalue weighted by Gasteiger charge is 2.34. The number of rotatable bonds is 4. The normalized spacial score (nSPS) is 22.2. The zero-order chi connectivity index (χ0) is 9.90. The van der Waals surface area contributed by atoms with Crippen LogP contribution in [-0.2, 0) is 0 Å². The van der Waals surface area contributed by atoms with E-state index in [1.165, 1.54) is 0 Å². The molecule has 0 radical (unpaired) electrons. The van der Waals surface area contributed by atoms with Crippen molar-refractivity contribution in [2.75, 3.05) is 11.5 Å².